The fourth-order valence-corrected chi connectivity index (χ4v) is 2.58. The first kappa shape index (κ1) is 10.8. The van der Waals surface area contributed by atoms with Crippen LogP contribution in [0.2, 0.25) is 0 Å². The lowest BCUT2D eigenvalue weighted by Crippen LogP contribution is -2.24. The molecule has 1 aromatic heterocycles. The first-order valence-corrected chi connectivity index (χ1v) is 6.01. The Balaban J connectivity index is 2.13. The minimum atomic E-state index is -0.141. The molecule has 0 bridgehead atoms. The van der Waals surface area contributed by atoms with E-state index in [4.69, 9.17) is 5.73 Å². The van der Waals surface area contributed by atoms with E-state index in [0.29, 0.717) is 5.52 Å². The van der Waals surface area contributed by atoms with E-state index < -0.39 is 0 Å². The first-order chi connectivity index (χ1) is 7.98. The second-order valence-corrected chi connectivity index (χ2v) is 5.44. The van der Waals surface area contributed by atoms with Crippen molar-refractivity contribution in [3.05, 3.63) is 35.3 Å². The monoisotopic (exact) mass is 232 g/mol. The molecule has 0 radical (unpaired) electrons. The van der Waals surface area contributed by atoms with Gasteiger partial charge in [0.25, 0.3) is 0 Å². The van der Waals surface area contributed by atoms with Gasteiger partial charge in [0, 0.05) is 24.2 Å². The Morgan fingerprint density at radius 3 is 2.76 bits per heavy atom. The molecule has 1 heterocycles. The Labute approximate surface area is 100 Å². The van der Waals surface area contributed by atoms with Crippen molar-refractivity contribution in [3.63, 3.8) is 0 Å². The SMILES string of the molecule is Cc1cn(C)c2c(F)cc(CC3(N)CC3)cc12. The van der Waals surface area contributed by atoms with E-state index in [-0.39, 0.29) is 11.4 Å². The number of nitrogens with zero attached hydrogens (tertiary/aromatic N) is 1. The van der Waals surface area contributed by atoms with E-state index >= 15 is 0 Å². The Hall–Kier alpha value is -1.35. The first-order valence-electron chi connectivity index (χ1n) is 6.01. The van der Waals surface area contributed by atoms with Crippen LogP contribution in [-0.2, 0) is 13.5 Å². The zero-order chi connectivity index (χ0) is 12.2. The van der Waals surface area contributed by atoms with Crippen LogP contribution in [0.1, 0.15) is 24.0 Å². The molecular formula is C14H17FN2. The number of hydrogen-bond donors (Lipinski definition) is 1. The molecule has 1 saturated carbocycles. The van der Waals surface area contributed by atoms with E-state index in [1.54, 1.807) is 6.07 Å². The van der Waals surface area contributed by atoms with Gasteiger partial charge >= 0.3 is 0 Å². The fraction of sp³-hybridized carbons (Fsp3) is 0.429. The third-order valence-electron chi connectivity index (χ3n) is 3.74. The molecule has 0 saturated heterocycles. The second-order valence-electron chi connectivity index (χ2n) is 5.44. The molecule has 0 spiro atoms. The molecular weight excluding hydrogens is 215 g/mol. The summed E-state index contributed by atoms with van der Waals surface area (Å²) in [5, 5.41) is 1.01. The molecule has 0 aliphatic heterocycles. The number of aryl methyl sites for hydroxylation is 2. The predicted octanol–water partition coefficient (Wildman–Crippen LogP) is 2.66. The van der Waals surface area contributed by atoms with Crippen LogP contribution in [0, 0.1) is 12.7 Å². The zero-order valence-electron chi connectivity index (χ0n) is 10.3. The predicted molar refractivity (Wildman–Crippen MR) is 67.5 cm³/mol. The molecule has 3 rings (SSSR count). The summed E-state index contributed by atoms with van der Waals surface area (Å²) >= 11 is 0. The van der Waals surface area contributed by atoms with Crippen molar-refractivity contribution in [3.8, 4) is 0 Å². The molecule has 0 amide bonds. The maximum atomic E-state index is 14.1. The van der Waals surface area contributed by atoms with Crippen LogP contribution < -0.4 is 5.73 Å². The van der Waals surface area contributed by atoms with Crippen LogP contribution >= 0.6 is 0 Å². The second kappa shape index (κ2) is 3.33. The molecule has 2 aromatic rings. The van der Waals surface area contributed by atoms with Crippen LogP contribution in [0.25, 0.3) is 10.9 Å². The highest BCUT2D eigenvalue weighted by Gasteiger charge is 2.38. The van der Waals surface area contributed by atoms with Gasteiger partial charge in [-0.2, -0.15) is 0 Å². The summed E-state index contributed by atoms with van der Waals surface area (Å²) in [6.45, 7) is 2.01. The van der Waals surface area contributed by atoms with Crippen molar-refractivity contribution < 1.29 is 4.39 Å². The molecule has 1 fully saturated rings. The highest BCUT2D eigenvalue weighted by Crippen LogP contribution is 2.36. The van der Waals surface area contributed by atoms with E-state index in [0.717, 1.165) is 35.8 Å². The quantitative estimate of drug-likeness (QED) is 0.848. The van der Waals surface area contributed by atoms with Gasteiger partial charge in [0.15, 0.2) is 0 Å². The molecule has 2 nitrogen and oxygen atoms in total. The number of rotatable bonds is 2. The van der Waals surface area contributed by atoms with Crippen LogP contribution in [0.3, 0.4) is 0 Å². The highest BCUT2D eigenvalue weighted by molar-refractivity contribution is 5.85. The number of hydrogen-bond acceptors (Lipinski definition) is 1. The van der Waals surface area contributed by atoms with Crippen molar-refractivity contribution in [1.82, 2.24) is 4.57 Å². The molecule has 1 aliphatic carbocycles. The normalized spacial score (nSPS) is 17.6. The highest BCUT2D eigenvalue weighted by atomic mass is 19.1. The Bertz CT molecular complexity index is 594. The van der Waals surface area contributed by atoms with Gasteiger partial charge in [-0.1, -0.05) is 0 Å². The average molecular weight is 232 g/mol. The minimum absolute atomic E-state index is 0.0667. The van der Waals surface area contributed by atoms with Gasteiger partial charge in [-0.05, 0) is 49.4 Å². The summed E-state index contributed by atoms with van der Waals surface area (Å²) in [4.78, 5) is 0. The van der Waals surface area contributed by atoms with Gasteiger partial charge in [-0.3, -0.25) is 0 Å². The Morgan fingerprint density at radius 2 is 2.12 bits per heavy atom. The van der Waals surface area contributed by atoms with Crippen molar-refractivity contribution >= 4 is 10.9 Å². The van der Waals surface area contributed by atoms with Gasteiger partial charge in [0.05, 0.1) is 5.52 Å². The van der Waals surface area contributed by atoms with Crippen LogP contribution in [-0.4, -0.2) is 10.1 Å². The summed E-state index contributed by atoms with van der Waals surface area (Å²) in [5.41, 5.74) is 8.84. The molecule has 1 aliphatic rings. The molecule has 0 atom stereocenters. The lowest BCUT2D eigenvalue weighted by molar-refractivity contribution is 0.622. The van der Waals surface area contributed by atoms with Crippen molar-refractivity contribution in [2.45, 2.75) is 31.7 Å². The van der Waals surface area contributed by atoms with Gasteiger partial charge in [-0.25, -0.2) is 4.39 Å². The van der Waals surface area contributed by atoms with Gasteiger partial charge in [-0.15, -0.1) is 0 Å². The van der Waals surface area contributed by atoms with Crippen LogP contribution in [0.5, 0.6) is 0 Å². The molecule has 1 aromatic carbocycles. The van der Waals surface area contributed by atoms with Crippen LogP contribution in [0.4, 0.5) is 4.39 Å². The molecule has 3 heteroatoms. The Morgan fingerprint density at radius 1 is 1.41 bits per heavy atom. The maximum absolute atomic E-state index is 14.1. The number of fused-ring (bicyclic) bond motifs is 1. The van der Waals surface area contributed by atoms with Gasteiger partial charge in [0.2, 0.25) is 0 Å². The number of nitrogens with two attached hydrogens (primary N) is 1. The maximum Gasteiger partial charge on any atom is 0.147 e. The summed E-state index contributed by atoms with van der Waals surface area (Å²) in [7, 11) is 1.88. The number of benzene rings is 1. The summed E-state index contributed by atoms with van der Waals surface area (Å²) in [5.74, 6) is -0.141. The molecule has 2 N–H and O–H groups in total. The topological polar surface area (TPSA) is 30.9 Å². The lowest BCUT2D eigenvalue weighted by atomic mass is 10.0. The van der Waals surface area contributed by atoms with Crippen LogP contribution in [0.15, 0.2) is 18.3 Å². The third-order valence-corrected chi connectivity index (χ3v) is 3.74. The average Bonchev–Trinajstić information content (AvgIpc) is 2.86. The van der Waals surface area contributed by atoms with Gasteiger partial charge in [0.1, 0.15) is 5.82 Å². The Kier molecular flexibility index (Phi) is 2.11. The van der Waals surface area contributed by atoms with Crippen molar-refractivity contribution in [1.29, 1.82) is 0 Å². The molecule has 17 heavy (non-hydrogen) atoms. The summed E-state index contributed by atoms with van der Waals surface area (Å²) in [6.07, 6.45) is 4.86. The minimum Gasteiger partial charge on any atom is -0.348 e. The van der Waals surface area contributed by atoms with Crippen molar-refractivity contribution in [2.75, 3.05) is 0 Å². The summed E-state index contributed by atoms with van der Waals surface area (Å²) < 4.78 is 15.9. The molecule has 90 valence electrons. The number of aromatic nitrogens is 1. The van der Waals surface area contributed by atoms with E-state index in [9.17, 15) is 4.39 Å². The number of halogens is 1. The summed E-state index contributed by atoms with van der Waals surface area (Å²) in [6, 6.07) is 3.72. The van der Waals surface area contributed by atoms with Gasteiger partial charge < -0.3 is 10.3 Å². The fourth-order valence-electron chi connectivity index (χ4n) is 2.58. The van der Waals surface area contributed by atoms with E-state index in [2.05, 4.69) is 6.07 Å². The van der Waals surface area contributed by atoms with E-state index in [1.807, 2.05) is 24.7 Å². The molecule has 0 unspecified atom stereocenters. The van der Waals surface area contributed by atoms with E-state index in [1.165, 1.54) is 0 Å². The van der Waals surface area contributed by atoms with Crippen molar-refractivity contribution in [2.24, 2.45) is 12.8 Å². The smallest absolute Gasteiger partial charge is 0.147 e. The lowest BCUT2D eigenvalue weighted by Gasteiger charge is -2.09. The standard InChI is InChI=1S/C14H17FN2/c1-9-8-17(2)13-11(9)5-10(6-12(13)15)7-14(16)3-4-14/h5-6,8H,3-4,7,16H2,1-2H3. The zero-order valence-corrected chi connectivity index (χ0v) is 10.3. The largest absolute Gasteiger partial charge is 0.348 e. The third kappa shape index (κ3) is 1.75.